The second kappa shape index (κ2) is 7.08. The van der Waals surface area contributed by atoms with Crippen LogP contribution in [0.4, 0.5) is 5.69 Å². The van der Waals surface area contributed by atoms with Crippen LogP contribution in [-0.4, -0.2) is 57.1 Å². The molecule has 0 radical (unpaired) electrons. The number of amides is 2. The third-order valence-electron chi connectivity index (χ3n) is 3.90. The SMILES string of the molecule is CC(NS(C)(=O)=O)C(=O)N(C)C1CCN(c2ccccc2Cl)C1=O. The molecule has 1 heterocycles. The molecule has 1 aliphatic rings. The van der Waals surface area contributed by atoms with E-state index in [4.69, 9.17) is 11.6 Å². The number of benzene rings is 1. The van der Waals surface area contributed by atoms with Crippen molar-refractivity contribution >= 4 is 39.1 Å². The number of sulfonamides is 1. The Kier molecular flexibility index (Phi) is 5.52. The Morgan fingerprint density at radius 3 is 2.62 bits per heavy atom. The van der Waals surface area contributed by atoms with Crippen LogP contribution >= 0.6 is 11.6 Å². The van der Waals surface area contributed by atoms with Crippen molar-refractivity contribution in [3.8, 4) is 0 Å². The van der Waals surface area contributed by atoms with E-state index in [0.29, 0.717) is 23.7 Å². The smallest absolute Gasteiger partial charge is 0.249 e. The minimum absolute atomic E-state index is 0.231. The zero-order valence-corrected chi connectivity index (χ0v) is 15.3. The number of carbonyl (C=O) groups is 2. The highest BCUT2D eigenvalue weighted by Gasteiger charge is 2.39. The predicted octanol–water partition coefficient (Wildman–Crippen LogP) is 0.841. The van der Waals surface area contributed by atoms with Crippen molar-refractivity contribution in [1.29, 1.82) is 0 Å². The molecule has 132 valence electrons. The number of halogens is 1. The molecule has 1 fully saturated rings. The summed E-state index contributed by atoms with van der Waals surface area (Å²) in [5.74, 6) is -0.690. The molecule has 1 aliphatic heterocycles. The molecular weight excluding hydrogens is 354 g/mol. The van der Waals surface area contributed by atoms with Gasteiger partial charge in [0.25, 0.3) is 0 Å². The minimum Gasteiger partial charge on any atom is -0.332 e. The number of hydrogen-bond acceptors (Lipinski definition) is 4. The quantitative estimate of drug-likeness (QED) is 0.828. The van der Waals surface area contributed by atoms with E-state index in [1.807, 2.05) is 0 Å². The third-order valence-corrected chi connectivity index (χ3v) is 5.00. The lowest BCUT2D eigenvalue weighted by Gasteiger charge is -2.26. The Labute approximate surface area is 146 Å². The molecule has 1 aromatic carbocycles. The van der Waals surface area contributed by atoms with E-state index in [1.54, 1.807) is 29.2 Å². The summed E-state index contributed by atoms with van der Waals surface area (Å²) in [6.45, 7) is 1.89. The fraction of sp³-hybridized carbons (Fsp3) is 0.467. The molecule has 2 amide bonds. The van der Waals surface area contributed by atoms with Crippen molar-refractivity contribution in [1.82, 2.24) is 9.62 Å². The summed E-state index contributed by atoms with van der Waals surface area (Å²) in [7, 11) is -2.01. The lowest BCUT2D eigenvalue weighted by molar-refractivity contribution is -0.137. The van der Waals surface area contributed by atoms with Crippen molar-refractivity contribution in [3.05, 3.63) is 29.3 Å². The van der Waals surface area contributed by atoms with E-state index in [1.165, 1.54) is 18.9 Å². The third kappa shape index (κ3) is 4.06. The molecule has 0 aromatic heterocycles. The molecular formula is C15H20ClN3O4S. The highest BCUT2D eigenvalue weighted by Crippen LogP contribution is 2.30. The van der Waals surface area contributed by atoms with E-state index in [2.05, 4.69) is 4.72 Å². The Balaban J connectivity index is 2.12. The van der Waals surface area contributed by atoms with E-state index < -0.39 is 28.0 Å². The average molecular weight is 374 g/mol. The summed E-state index contributed by atoms with van der Waals surface area (Å²) in [4.78, 5) is 27.9. The lowest BCUT2D eigenvalue weighted by atomic mass is 10.2. The maximum absolute atomic E-state index is 12.6. The van der Waals surface area contributed by atoms with Crippen LogP contribution in [0, 0.1) is 0 Å². The zero-order chi connectivity index (χ0) is 18.1. The number of rotatable bonds is 5. The Hall–Kier alpha value is -1.64. The normalized spacial score (nSPS) is 19.4. The van der Waals surface area contributed by atoms with Crippen LogP contribution in [0.25, 0.3) is 0 Å². The van der Waals surface area contributed by atoms with E-state index in [-0.39, 0.29) is 5.91 Å². The molecule has 7 nitrogen and oxygen atoms in total. The van der Waals surface area contributed by atoms with Gasteiger partial charge in [-0.25, -0.2) is 13.1 Å². The minimum atomic E-state index is -3.51. The summed E-state index contributed by atoms with van der Waals surface area (Å²) in [5, 5.41) is 0.465. The summed E-state index contributed by atoms with van der Waals surface area (Å²) in [6.07, 6.45) is 1.44. The van der Waals surface area contributed by atoms with E-state index in [9.17, 15) is 18.0 Å². The first kappa shape index (κ1) is 18.7. The van der Waals surface area contributed by atoms with Crippen molar-refractivity contribution in [2.45, 2.75) is 25.4 Å². The van der Waals surface area contributed by atoms with Crippen LogP contribution < -0.4 is 9.62 Å². The van der Waals surface area contributed by atoms with Crippen LogP contribution in [0.2, 0.25) is 5.02 Å². The van der Waals surface area contributed by atoms with Crippen molar-refractivity contribution in [2.75, 3.05) is 24.7 Å². The Bertz CT molecular complexity index is 753. The van der Waals surface area contributed by atoms with Gasteiger partial charge >= 0.3 is 0 Å². The molecule has 1 N–H and O–H groups in total. The van der Waals surface area contributed by atoms with Gasteiger partial charge in [0, 0.05) is 13.6 Å². The molecule has 2 unspecified atom stereocenters. The molecule has 0 bridgehead atoms. The number of likely N-dealkylation sites (N-methyl/N-ethyl adjacent to an activating group) is 1. The van der Waals surface area contributed by atoms with Gasteiger partial charge in [0.15, 0.2) is 0 Å². The largest absolute Gasteiger partial charge is 0.332 e. The van der Waals surface area contributed by atoms with Gasteiger partial charge < -0.3 is 9.80 Å². The monoisotopic (exact) mass is 373 g/mol. The number of hydrogen-bond donors (Lipinski definition) is 1. The summed E-state index contributed by atoms with van der Waals surface area (Å²) >= 11 is 6.13. The number of carbonyl (C=O) groups excluding carboxylic acids is 2. The summed E-state index contributed by atoms with van der Waals surface area (Å²) < 4.78 is 24.7. The lowest BCUT2D eigenvalue weighted by Crippen LogP contribution is -2.50. The highest BCUT2D eigenvalue weighted by atomic mass is 35.5. The van der Waals surface area contributed by atoms with Crippen molar-refractivity contribution < 1.29 is 18.0 Å². The molecule has 0 saturated carbocycles. The first-order valence-electron chi connectivity index (χ1n) is 7.41. The van der Waals surface area contributed by atoms with Gasteiger partial charge in [-0.3, -0.25) is 9.59 Å². The summed E-state index contributed by atoms with van der Waals surface area (Å²) in [6, 6.07) is 5.43. The maximum Gasteiger partial charge on any atom is 0.249 e. The van der Waals surface area contributed by atoms with Gasteiger partial charge in [0.1, 0.15) is 6.04 Å². The molecule has 0 spiro atoms. The molecule has 2 atom stereocenters. The number of anilines is 1. The molecule has 2 rings (SSSR count). The zero-order valence-electron chi connectivity index (χ0n) is 13.7. The van der Waals surface area contributed by atoms with Gasteiger partial charge in [-0.1, -0.05) is 23.7 Å². The standard InChI is InChI=1S/C15H20ClN3O4S/c1-10(17-24(3,22)23)14(20)18(2)13-8-9-19(15(13)21)12-7-5-4-6-11(12)16/h4-7,10,13,17H,8-9H2,1-3H3. The maximum atomic E-state index is 12.6. The fourth-order valence-electron chi connectivity index (χ4n) is 2.76. The number of nitrogens with zero attached hydrogens (tertiary/aromatic N) is 2. The molecule has 0 aliphatic carbocycles. The van der Waals surface area contributed by atoms with Crippen molar-refractivity contribution in [3.63, 3.8) is 0 Å². The first-order chi connectivity index (χ1) is 11.1. The van der Waals surface area contributed by atoms with Crippen LogP contribution in [0.15, 0.2) is 24.3 Å². The van der Waals surface area contributed by atoms with Crippen LogP contribution in [-0.2, 0) is 19.6 Å². The van der Waals surface area contributed by atoms with Gasteiger partial charge in [0.05, 0.1) is 23.0 Å². The molecule has 24 heavy (non-hydrogen) atoms. The Morgan fingerprint density at radius 2 is 2.04 bits per heavy atom. The second-order valence-electron chi connectivity index (χ2n) is 5.81. The van der Waals surface area contributed by atoms with Crippen LogP contribution in [0.1, 0.15) is 13.3 Å². The van der Waals surface area contributed by atoms with E-state index >= 15 is 0 Å². The summed E-state index contributed by atoms with van der Waals surface area (Å²) in [5.41, 5.74) is 0.606. The number of para-hydroxylation sites is 1. The number of nitrogens with one attached hydrogen (secondary N) is 1. The average Bonchev–Trinajstić information content (AvgIpc) is 2.86. The molecule has 9 heteroatoms. The topological polar surface area (TPSA) is 86.8 Å². The first-order valence-corrected chi connectivity index (χ1v) is 9.68. The second-order valence-corrected chi connectivity index (χ2v) is 7.99. The predicted molar refractivity (Wildman–Crippen MR) is 92.4 cm³/mol. The fourth-order valence-corrected chi connectivity index (χ4v) is 3.75. The molecule has 1 aromatic rings. The van der Waals surface area contributed by atoms with Gasteiger partial charge in [-0.2, -0.15) is 0 Å². The highest BCUT2D eigenvalue weighted by molar-refractivity contribution is 7.88. The van der Waals surface area contributed by atoms with Crippen molar-refractivity contribution in [2.24, 2.45) is 0 Å². The van der Waals surface area contributed by atoms with Crippen LogP contribution in [0.3, 0.4) is 0 Å². The van der Waals surface area contributed by atoms with Gasteiger partial charge in [-0.15, -0.1) is 0 Å². The molecule has 1 saturated heterocycles. The van der Waals surface area contributed by atoms with Gasteiger partial charge in [-0.05, 0) is 25.5 Å². The van der Waals surface area contributed by atoms with Crippen LogP contribution in [0.5, 0.6) is 0 Å². The van der Waals surface area contributed by atoms with E-state index in [0.717, 1.165) is 6.26 Å². The van der Waals surface area contributed by atoms with Gasteiger partial charge in [0.2, 0.25) is 21.8 Å². The Morgan fingerprint density at radius 1 is 1.42 bits per heavy atom.